The molecule has 0 saturated carbocycles. The van der Waals surface area contributed by atoms with Crippen LogP contribution < -0.4 is 20.3 Å². The normalized spacial score (nSPS) is 13.4. The Labute approximate surface area is 209 Å². The summed E-state index contributed by atoms with van der Waals surface area (Å²) in [5.74, 6) is -1.56. The Morgan fingerprint density at radius 1 is 0.912 bits per heavy atom. The lowest BCUT2D eigenvalue weighted by molar-refractivity contribution is -0.120. The SMILES string of the molecule is COc1ccc(Cl)cc1N1C(=O)C(Cl)=C(Nc2cccc(C(=O)Nc3ccccc3Cl)c2)C1=O. The molecule has 34 heavy (non-hydrogen) atoms. The first kappa shape index (κ1) is 23.6. The van der Waals surface area contributed by atoms with Gasteiger partial charge in [0.05, 0.1) is 23.5 Å². The monoisotopic (exact) mass is 515 g/mol. The molecule has 3 amide bonds. The van der Waals surface area contributed by atoms with Gasteiger partial charge < -0.3 is 15.4 Å². The molecule has 0 aromatic heterocycles. The molecule has 3 aromatic rings. The number of methoxy groups -OCH3 is 1. The van der Waals surface area contributed by atoms with Crippen LogP contribution in [0.4, 0.5) is 17.1 Å². The zero-order valence-electron chi connectivity index (χ0n) is 17.6. The van der Waals surface area contributed by atoms with Crippen molar-refractivity contribution in [2.75, 3.05) is 22.6 Å². The maximum absolute atomic E-state index is 13.1. The van der Waals surface area contributed by atoms with Gasteiger partial charge in [-0.2, -0.15) is 0 Å². The van der Waals surface area contributed by atoms with Crippen molar-refractivity contribution in [3.63, 3.8) is 0 Å². The third kappa shape index (κ3) is 4.59. The highest BCUT2D eigenvalue weighted by Gasteiger charge is 2.40. The van der Waals surface area contributed by atoms with Gasteiger partial charge in [-0.05, 0) is 48.5 Å². The molecule has 1 aliphatic rings. The van der Waals surface area contributed by atoms with Gasteiger partial charge in [0.15, 0.2) is 0 Å². The number of ether oxygens (including phenoxy) is 1. The Morgan fingerprint density at radius 2 is 1.68 bits per heavy atom. The zero-order valence-corrected chi connectivity index (χ0v) is 19.8. The van der Waals surface area contributed by atoms with E-state index >= 15 is 0 Å². The van der Waals surface area contributed by atoms with E-state index in [1.165, 1.54) is 19.2 Å². The van der Waals surface area contributed by atoms with Crippen LogP contribution in [-0.2, 0) is 9.59 Å². The molecule has 0 atom stereocenters. The third-order valence-electron chi connectivity index (χ3n) is 4.93. The van der Waals surface area contributed by atoms with E-state index in [0.29, 0.717) is 27.0 Å². The Balaban J connectivity index is 1.58. The molecule has 3 aromatic carbocycles. The number of nitrogens with one attached hydrogen (secondary N) is 2. The number of carbonyl (C=O) groups is 3. The van der Waals surface area contributed by atoms with Crippen LogP contribution >= 0.6 is 34.8 Å². The van der Waals surface area contributed by atoms with Crippen molar-refractivity contribution in [3.05, 3.63) is 93.1 Å². The lowest BCUT2D eigenvalue weighted by atomic mass is 10.1. The molecule has 0 saturated heterocycles. The number of carbonyl (C=O) groups excluding carboxylic acids is 3. The van der Waals surface area contributed by atoms with Crippen LogP contribution in [0.15, 0.2) is 77.5 Å². The topological polar surface area (TPSA) is 87.7 Å². The molecule has 7 nitrogen and oxygen atoms in total. The predicted molar refractivity (Wildman–Crippen MR) is 133 cm³/mol. The number of hydrogen-bond donors (Lipinski definition) is 2. The van der Waals surface area contributed by atoms with E-state index in [1.54, 1.807) is 54.6 Å². The predicted octanol–water partition coefficient (Wildman–Crippen LogP) is 5.69. The first-order valence-corrected chi connectivity index (χ1v) is 11.0. The summed E-state index contributed by atoms with van der Waals surface area (Å²) in [5.41, 5.74) is 1.15. The average molecular weight is 517 g/mol. The summed E-state index contributed by atoms with van der Waals surface area (Å²) in [4.78, 5) is 39.5. The van der Waals surface area contributed by atoms with Gasteiger partial charge in [-0.25, -0.2) is 4.90 Å². The minimum atomic E-state index is -0.734. The maximum atomic E-state index is 13.1. The number of para-hydroxylation sites is 1. The molecular weight excluding hydrogens is 501 g/mol. The van der Waals surface area contributed by atoms with Crippen molar-refractivity contribution in [2.24, 2.45) is 0 Å². The van der Waals surface area contributed by atoms with E-state index in [2.05, 4.69) is 10.6 Å². The summed E-state index contributed by atoms with van der Waals surface area (Å²) in [7, 11) is 1.41. The summed E-state index contributed by atoms with van der Waals surface area (Å²) in [6, 6.07) is 17.7. The van der Waals surface area contributed by atoms with Crippen LogP contribution in [0.1, 0.15) is 10.4 Å². The summed E-state index contributed by atoms with van der Waals surface area (Å²) >= 11 is 18.4. The second-order valence-electron chi connectivity index (χ2n) is 7.09. The van der Waals surface area contributed by atoms with E-state index in [-0.39, 0.29) is 22.2 Å². The highest BCUT2D eigenvalue weighted by Crippen LogP contribution is 2.37. The van der Waals surface area contributed by atoms with Crippen LogP contribution in [0.2, 0.25) is 10.0 Å². The minimum absolute atomic E-state index is 0.141. The number of halogens is 3. The fourth-order valence-corrected chi connectivity index (χ4v) is 3.87. The molecule has 1 aliphatic heterocycles. The Morgan fingerprint density at radius 3 is 2.41 bits per heavy atom. The summed E-state index contributed by atoms with van der Waals surface area (Å²) in [6.07, 6.45) is 0. The van der Waals surface area contributed by atoms with Gasteiger partial charge >= 0.3 is 0 Å². The first-order valence-electron chi connectivity index (χ1n) is 9.85. The van der Waals surface area contributed by atoms with Crippen LogP contribution in [-0.4, -0.2) is 24.8 Å². The van der Waals surface area contributed by atoms with Crippen molar-refractivity contribution in [1.82, 2.24) is 0 Å². The average Bonchev–Trinajstić information content (AvgIpc) is 3.03. The number of anilines is 3. The Bertz CT molecular complexity index is 1360. The Hall–Kier alpha value is -3.52. The smallest absolute Gasteiger partial charge is 0.283 e. The molecule has 0 unspecified atom stereocenters. The van der Waals surface area contributed by atoms with Crippen LogP contribution in [0, 0.1) is 0 Å². The van der Waals surface area contributed by atoms with Gasteiger partial charge in [0.25, 0.3) is 17.7 Å². The summed E-state index contributed by atoms with van der Waals surface area (Å²) in [6.45, 7) is 0. The zero-order chi connectivity index (χ0) is 24.4. The van der Waals surface area contributed by atoms with Gasteiger partial charge in [-0.3, -0.25) is 14.4 Å². The highest BCUT2D eigenvalue weighted by atomic mass is 35.5. The maximum Gasteiger partial charge on any atom is 0.283 e. The fraction of sp³-hybridized carbons (Fsp3) is 0.0417. The molecule has 10 heteroatoms. The van der Waals surface area contributed by atoms with Crippen molar-refractivity contribution < 1.29 is 19.1 Å². The molecule has 0 radical (unpaired) electrons. The van der Waals surface area contributed by atoms with Gasteiger partial charge in [-0.15, -0.1) is 0 Å². The molecule has 4 rings (SSSR count). The number of hydrogen-bond acceptors (Lipinski definition) is 5. The molecule has 0 fully saturated rings. The lowest BCUT2D eigenvalue weighted by Gasteiger charge is -2.18. The quantitative estimate of drug-likeness (QED) is 0.411. The largest absolute Gasteiger partial charge is 0.495 e. The molecule has 172 valence electrons. The molecule has 2 N–H and O–H groups in total. The molecule has 0 spiro atoms. The van der Waals surface area contributed by atoms with Gasteiger partial charge in [0.2, 0.25) is 0 Å². The third-order valence-corrected chi connectivity index (χ3v) is 5.84. The fourth-order valence-electron chi connectivity index (χ4n) is 3.31. The van der Waals surface area contributed by atoms with E-state index in [4.69, 9.17) is 39.5 Å². The van der Waals surface area contributed by atoms with Crippen LogP contribution in [0.5, 0.6) is 5.75 Å². The minimum Gasteiger partial charge on any atom is -0.495 e. The van der Waals surface area contributed by atoms with Gasteiger partial charge in [0, 0.05) is 16.3 Å². The number of amides is 3. The summed E-state index contributed by atoms with van der Waals surface area (Å²) < 4.78 is 5.26. The number of nitrogens with zero attached hydrogens (tertiary/aromatic N) is 1. The van der Waals surface area contributed by atoms with Gasteiger partial charge in [0.1, 0.15) is 16.5 Å². The van der Waals surface area contributed by atoms with Gasteiger partial charge in [-0.1, -0.05) is 53.0 Å². The lowest BCUT2D eigenvalue weighted by Crippen LogP contribution is -2.32. The number of benzene rings is 3. The molecule has 0 bridgehead atoms. The first-order chi connectivity index (χ1) is 16.3. The van der Waals surface area contributed by atoms with E-state index in [1.807, 2.05) is 0 Å². The molecule has 0 aliphatic carbocycles. The van der Waals surface area contributed by atoms with E-state index in [0.717, 1.165) is 4.90 Å². The number of imide groups is 1. The van der Waals surface area contributed by atoms with Crippen molar-refractivity contribution in [3.8, 4) is 5.75 Å². The van der Waals surface area contributed by atoms with Crippen molar-refractivity contribution >= 4 is 69.6 Å². The van der Waals surface area contributed by atoms with E-state index < -0.39 is 17.7 Å². The number of rotatable bonds is 6. The van der Waals surface area contributed by atoms with Crippen molar-refractivity contribution in [1.29, 1.82) is 0 Å². The molecular formula is C24H16Cl3N3O4. The van der Waals surface area contributed by atoms with Crippen molar-refractivity contribution in [2.45, 2.75) is 0 Å². The highest BCUT2D eigenvalue weighted by molar-refractivity contribution is 6.53. The Kier molecular flexibility index (Phi) is 6.79. The molecule has 1 heterocycles. The second-order valence-corrected chi connectivity index (χ2v) is 8.31. The van der Waals surface area contributed by atoms with E-state index in [9.17, 15) is 14.4 Å². The summed E-state index contributed by atoms with van der Waals surface area (Å²) in [5, 5.41) is 5.98. The van der Waals surface area contributed by atoms with Crippen LogP contribution in [0.25, 0.3) is 0 Å². The standard InChI is InChI=1S/C24H16Cl3N3O4/c1-34-19-10-9-14(25)12-18(19)30-23(32)20(27)21(24(30)33)28-15-6-4-5-13(11-15)22(31)29-17-8-3-2-7-16(17)26/h2-12,28H,1H3,(H,29,31). The van der Waals surface area contributed by atoms with Crippen LogP contribution in [0.3, 0.4) is 0 Å². The second kappa shape index (κ2) is 9.77.